The monoisotopic (exact) mass is 432 g/mol. The second-order valence-electron chi connectivity index (χ2n) is 7.47. The number of amides is 1. The Morgan fingerprint density at radius 2 is 1.81 bits per heavy atom. The zero-order chi connectivity index (χ0) is 21.6. The Kier molecular flexibility index (Phi) is 6.52. The van der Waals surface area contributed by atoms with Crippen molar-refractivity contribution in [3.63, 3.8) is 0 Å². The molecule has 0 saturated heterocycles. The largest absolute Gasteiger partial charge is 0.461 e. The van der Waals surface area contributed by atoms with Gasteiger partial charge in [0.05, 0.1) is 18.6 Å². The molecular weight excluding hydrogens is 408 g/mol. The van der Waals surface area contributed by atoms with Crippen LogP contribution in [0.1, 0.15) is 30.9 Å². The lowest BCUT2D eigenvalue weighted by atomic mass is 10.0. The van der Waals surface area contributed by atoms with Crippen molar-refractivity contribution >= 4 is 23.4 Å². The van der Waals surface area contributed by atoms with E-state index >= 15 is 0 Å². The molecule has 2 heterocycles. The number of rotatable bonds is 8. The molecular formula is C24H24N4O2S. The van der Waals surface area contributed by atoms with Crippen LogP contribution >= 0.6 is 11.8 Å². The molecule has 4 aromatic rings. The zero-order valence-corrected chi connectivity index (χ0v) is 18.3. The van der Waals surface area contributed by atoms with Gasteiger partial charge in [-0.3, -0.25) is 9.36 Å². The molecule has 2 aromatic carbocycles. The molecule has 2 aromatic heterocycles. The van der Waals surface area contributed by atoms with Crippen LogP contribution in [0.25, 0.3) is 11.6 Å². The predicted molar refractivity (Wildman–Crippen MR) is 123 cm³/mol. The van der Waals surface area contributed by atoms with Gasteiger partial charge >= 0.3 is 0 Å². The highest BCUT2D eigenvalue weighted by Gasteiger charge is 2.18. The number of aromatic nitrogens is 3. The molecule has 6 nitrogen and oxygen atoms in total. The van der Waals surface area contributed by atoms with Gasteiger partial charge in [0.25, 0.3) is 0 Å². The molecule has 0 saturated carbocycles. The minimum atomic E-state index is -0.0869. The Balaban J connectivity index is 1.47. The van der Waals surface area contributed by atoms with Crippen LogP contribution in [0.5, 0.6) is 0 Å². The lowest BCUT2D eigenvalue weighted by molar-refractivity contribution is -0.113. The maximum atomic E-state index is 12.5. The zero-order valence-electron chi connectivity index (χ0n) is 17.5. The number of nitrogens with zero attached hydrogens (tertiary/aromatic N) is 3. The molecule has 31 heavy (non-hydrogen) atoms. The van der Waals surface area contributed by atoms with E-state index in [0.717, 1.165) is 11.3 Å². The Morgan fingerprint density at radius 1 is 1.03 bits per heavy atom. The first-order valence-electron chi connectivity index (χ1n) is 10.1. The summed E-state index contributed by atoms with van der Waals surface area (Å²) in [6, 6.07) is 21.7. The number of carbonyl (C=O) groups excluding carboxylic acids is 1. The molecule has 0 unspecified atom stereocenters. The molecule has 0 bridgehead atoms. The summed E-state index contributed by atoms with van der Waals surface area (Å²) in [5.74, 6) is 1.89. The van der Waals surface area contributed by atoms with Crippen molar-refractivity contribution in [2.75, 3.05) is 11.1 Å². The van der Waals surface area contributed by atoms with Crippen molar-refractivity contribution in [3.8, 4) is 11.6 Å². The van der Waals surface area contributed by atoms with Gasteiger partial charge in [0.15, 0.2) is 10.9 Å². The molecule has 1 amide bonds. The summed E-state index contributed by atoms with van der Waals surface area (Å²) >= 11 is 1.36. The first kappa shape index (κ1) is 20.9. The second kappa shape index (κ2) is 9.66. The van der Waals surface area contributed by atoms with Crippen molar-refractivity contribution in [1.29, 1.82) is 0 Å². The van der Waals surface area contributed by atoms with Crippen LogP contribution in [0.3, 0.4) is 0 Å². The maximum absolute atomic E-state index is 12.5. The molecule has 0 fully saturated rings. The summed E-state index contributed by atoms with van der Waals surface area (Å²) in [4.78, 5) is 12.5. The number of benzene rings is 2. The third-order valence-corrected chi connectivity index (χ3v) is 5.80. The minimum Gasteiger partial charge on any atom is -0.461 e. The fourth-order valence-corrected chi connectivity index (χ4v) is 3.91. The standard InChI is InChI=1S/C24H24N4O2S/c1-17(2)19-10-12-20(13-11-19)25-22(29)16-31-24-27-26-23(21-9-6-14-30-21)28(24)15-18-7-4-3-5-8-18/h3-14,17H,15-16H2,1-2H3,(H,25,29). The Bertz CT molecular complexity index is 1120. The van der Waals surface area contributed by atoms with E-state index in [2.05, 4.69) is 29.4 Å². The van der Waals surface area contributed by atoms with Gasteiger partial charge in [0, 0.05) is 5.69 Å². The summed E-state index contributed by atoms with van der Waals surface area (Å²) in [5.41, 5.74) is 3.15. The smallest absolute Gasteiger partial charge is 0.234 e. The number of nitrogens with one attached hydrogen (secondary N) is 1. The molecule has 0 aliphatic heterocycles. The van der Waals surface area contributed by atoms with Crippen molar-refractivity contribution in [2.24, 2.45) is 0 Å². The Morgan fingerprint density at radius 3 is 2.48 bits per heavy atom. The molecule has 0 radical (unpaired) electrons. The highest BCUT2D eigenvalue weighted by Crippen LogP contribution is 2.26. The van der Waals surface area contributed by atoms with E-state index in [-0.39, 0.29) is 11.7 Å². The van der Waals surface area contributed by atoms with Crippen LogP contribution in [-0.4, -0.2) is 26.4 Å². The second-order valence-corrected chi connectivity index (χ2v) is 8.41. The van der Waals surface area contributed by atoms with Crippen molar-refractivity contribution in [1.82, 2.24) is 14.8 Å². The molecule has 0 spiro atoms. The van der Waals surface area contributed by atoms with Crippen molar-refractivity contribution < 1.29 is 9.21 Å². The lowest BCUT2D eigenvalue weighted by Crippen LogP contribution is -2.15. The van der Waals surface area contributed by atoms with Crippen LogP contribution in [0, 0.1) is 0 Å². The lowest BCUT2D eigenvalue weighted by Gasteiger charge is -2.10. The van der Waals surface area contributed by atoms with Gasteiger partial charge in [-0.1, -0.05) is 68.1 Å². The normalized spacial score (nSPS) is 11.1. The van der Waals surface area contributed by atoms with Gasteiger partial charge in [-0.05, 0) is 41.3 Å². The van der Waals surface area contributed by atoms with Crippen LogP contribution in [0.4, 0.5) is 5.69 Å². The highest BCUT2D eigenvalue weighted by atomic mass is 32.2. The summed E-state index contributed by atoms with van der Waals surface area (Å²) < 4.78 is 7.51. The van der Waals surface area contributed by atoms with Crippen molar-refractivity contribution in [2.45, 2.75) is 31.5 Å². The van der Waals surface area contributed by atoms with Crippen LogP contribution in [0.15, 0.2) is 82.6 Å². The summed E-state index contributed by atoms with van der Waals surface area (Å²) in [6.45, 7) is 4.88. The van der Waals surface area contributed by atoms with E-state index in [9.17, 15) is 4.79 Å². The summed E-state index contributed by atoms with van der Waals surface area (Å²) in [5, 5.41) is 12.2. The summed E-state index contributed by atoms with van der Waals surface area (Å²) in [6.07, 6.45) is 1.61. The number of thioether (sulfide) groups is 1. The van der Waals surface area contributed by atoms with Gasteiger partial charge in [-0.25, -0.2) is 0 Å². The molecule has 1 N–H and O–H groups in total. The molecule has 4 rings (SSSR count). The van der Waals surface area contributed by atoms with Crippen LogP contribution in [-0.2, 0) is 11.3 Å². The Labute approximate surface area is 185 Å². The predicted octanol–water partition coefficient (Wildman–Crippen LogP) is 5.44. The van der Waals surface area contributed by atoms with Gasteiger partial charge in [0.2, 0.25) is 11.7 Å². The molecule has 0 atom stereocenters. The van der Waals surface area contributed by atoms with E-state index in [1.54, 1.807) is 6.26 Å². The third kappa shape index (κ3) is 5.24. The number of carbonyl (C=O) groups is 1. The molecule has 7 heteroatoms. The molecule has 158 valence electrons. The van der Waals surface area contributed by atoms with Crippen LogP contribution in [0.2, 0.25) is 0 Å². The SMILES string of the molecule is CC(C)c1ccc(NC(=O)CSc2nnc(-c3ccco3)n2Cc2ccccc2)cc1. The first-order chi connectivity index (χ1) is 15.1. The van der Waals surface area contributed by atoms with E-state index in [4.69, 9.17) is 4.42 Å². The quantitative estimate of drug-likeness (QED) is 0.375. The highest BCUT2D eigenvalue weighted by molar-refractivity contribution is 7.99. The van der Waals surface area contributed by atoms with E-state index in [1.165, 1.54) is 17.3 Å². The Hall–Kier alpha value is -3.32. The molecule has 0 aliphatic rings. The fourth-order valence-electron chi connectivity index (χ4n) is 3.17. The van der Waals surface area contributed by atoms with Crippen molar-refractivity contribution in [3.05, 3.63) is 84.1 Å². The van der Waals surface area contributed by atoms with Gasteiger partial charge in [-0.2, -0.15) is 0 Å². The first-order valence-corrected chi connectivity index (χ1v) is 11.1. The number of hydrogen-bond donors (Lipinski definition) is 1. The van der Waals surface area contributed by atoms with Gasteiger partial charge < -0.3 is 9.73 Å². The number of hydrogen-bond acceptors (Lipinski definition) is 5. The fraction of sp³-hybridized carbons (Fsp3) is 0.208. The minimum absolute atomic E-state index is 0.0869. The molecule has 0 aliphatic carbocycles. The maximum Gasteiger partial charge on any atom is 0.234 e. The summed E-state index contributed by atoms with van der Waals surface area (Å²) in [7, 11) is 0. The van der Waals surface area contributed by atoms with E-state index < -0.39 is 0 Å². The average molecular weight is 433 g/mol. The van der Waals surface area contributed by atoms with E-state index in [0.29, 0.717) is 29.2 Å². The third-order valence-electron chi connectivity index (χ3n) is 4.84. The van der Waals surface area contributed by atoms with Gasteiger partial charge in [-0.15, -0.1) is 10.2 Å². The van der Waals surface area contributed by atoms with Crippen LogP contribution < -0.4 is 5.32 Å². The van der Waals surface area contributed by atoms with E-state index in [1.807, 2.05) is 71.3 Å². The van der Waals surface area contributed by atoms with Gasteiger partial charge in [0.1, 0.15) is 0 Å². The topological polar surface area (TPSA) is 73.0 Å². The number of anilines is 1. The average Bonchev–Trinajstić information content (AvgIpc) is 3.43. The number of furan rings is 1.